The standard InChI is InChI=1S/C15H25N3O2.HI/c1-5-20-14-7-6-13(10-12(14)2)11-18-15(16-3)17-8-9-19-4;/h6-7,10H,5,8-9,11H2,1-4H3,(H2,16,17,18);1H. The fraction of sp³-hybridized carbons (Fsp3) is 0.533. The lowest BCUT2D eigenvalue weighted by Crippen LogP contribution is -2.38. The van der Waals surface area contributed by atoms with Crippen LogP contribution >= 0.6 is 24.0 Å². The second-order valence-corrected chi connectivity index (χ2v) is 4.38. The van der Waals surface area contributed by atoms with Gasteiger partial charge in [-0.2, -0.15) is 0 Å². The van der Waals surface area contributed by atoms with Gasteiger partial charge in [-0.1, -0.05) is 12.1 Å². The third-order valence-corrected chi connectivity index (χ3v) is 2.82. The Kier molecular flexibility index (Phi) is 11.1. The Labute approximate surface area is 144 Å². The van der Waals surface area contributed by atoms with Crippen molar-refractivity contribution in [3.8, 4) is 5.75 Å². The largest absolute Gasteiger partial charge is 0.494 e. The van der Waals surface area contributed by atoms with Crippen molar-refractivity contribution in [2.75, 3.05) is 33.9 Å². The third kappa shape index (κ3) is 7.52. The highest BCUT2D eigenvalue weighted by Gasteiger charge is 2.02. The maximum atomic E-state index is 5.53. The van der Waals surface area contributed by atoms with Gasteiger partial charge in [0, 0.05) is 27.2 Å². The number of benzene rings is 1. The molecule has 21 heavy (non-hydrogen) atoms. The van der Waals surface area contributed by atoms with E-state index in [2.05, 4.69) is 34.7 Å². The molecule has 5 nitrogen and oxygen atoms in total. The van der Waals surface area contributed by atoms with Gasteiger partial charge in [0.15, 0.2) is 5.96 Å². The van der Waals surface area contributed by atoms with E-state index in [4.69, 9.17) is 9.47 Å². The molecule has 0 bridgehead atoms. The molecule has 0 aromatic heterocycles. The molecule has 0 aliphatic carbocycles. The number of aliphatic imine (C=N–C) groups is 1. The van der Waals surface area contributed by atoms with Gasteiger partial charge in [-0.3, -0.25) is 4.99 Å². The van der Waals surface area contributed by atoms with Crippen LogP contribution in [0, 0.1) is 6.92 Å². The van der Waals surface area contributed by atoms with Gasteiger partial charge in [-0.15, -0.1) is 24.0 Å². The number of guanidine groups is 1. The number of aryl methyl sites for hydroxylation is 1. The summed E-state index contributed by atoms with van der Waals surface area (Å²) in [5, 5.41) is 6.44. The minimum absolute atomic E-state index is 0. The number of nitrogens with one attached hydrogen (secondary N) is 2. The maximum absolute atomic E-state index is 5.53. The van der Waals surface area contributed by atoms with Crippen LogP contribution in [0.2, 0.25) is 0 Å². The molecule has 0 aliphatic rings. The first-order chi connectivity index (χ1) is 9.71. The molecule has 0 spiro atoms. The lowest BCUT2D eigenvalue weighted by molar-refractivity contribution is 0.203. The number of hydrogen-bond donors (Lipinski definition) is 2. The van der Waals surface area contributed by atoms with Crippen LogP contribution in [0.25, 0.3) is 0 Å². The smallest absolute Gasteiger partial charge is 0.191 e. The molecule has 0 amide bonds. The Morgan fingerprint density at radius 3 is 2.62 bits per heavy atom. The number of hydrogen-bond acceptors (Lipinski definition) is 3. The van der Waals surface area contributed by atoms with Gasteiger partial charge < -0.3 is 20.1 Å². The first kappa shape index (κ1) is 20.0. The normalized spacial score (nSPS) is 10.8. The van der Waals surface area contributed by atoms with Gasteiger partial charge in [0.2, 0.25) is 0 Å². The van der Waals surface area contributed by atoms with Gasteiger partial charge in [0.1, 0.15) is 5.75 Å². The number of nitrogens with zero attached hydrogens (tertiary/aromatic N) is 1. The van der Waals surface area contributed by atoms with Crippen LogP contribution in [0.15, 0.2) is 23.2 Å². The van der Waals surface area contributed by atoms with Crippen molar-refractivity contribution in [1.82, 2.24) is 10.6 Å². The highest BCUT2D eigenvalue weighted by Crippen LogP contribution is 2.18. The fourth-order valence-electron chi connectivity index (χ4n) is 1.82. The Morgan fingerprint density at radius 2 is 2.05 bits per heavy atom. The number of ether oxygens (including phenoxy) is 2. The minimum atomic E-state index is 0. The van der Waals surface area contributed by atoms with Crippen LogP contribution in [0.4, 0.5) is 0 Å². The summed E-state index contributed by atoms with van der Waals surface area (Å²) in [6.45, 7) is 6.85. The molecule has 1 aromatic carbocycles. The minimum Gasteiger partial charge on any atom is -0.494 e. The molecule has 0 atom stereocenters. The predicted molar refractivity (Wildman–Crippen MR) is 97.8 cm³/mol. The molecule has 2 N–H and O–H groups in total. The van der Waals surface area contributed by atoms with Crippen molar-refractivity contribution in [1.29, 1.82) is 0 Å². The summed E-state index contributed by atoms with van der Waals surface area (Å²) in [6, 6.07) is 6.20. The summed E-state index contributed by atoms with van der Waals surface area (Å²) in [6.07, 6.45) is 0. The van der Waals surface area contributed by atoms with Crippen molar-refractivity contribution in [3.63, 3.8) is 0 Å². The van der Waals surface area contributed by atoms with Crippen molar-refractivity contribution < 1.29 is 9.47 Å². The van der Waals surface area contributed by atoms with Gasteiger partial charge in [-0.25, -0.2) is 0 Å². The molecule has 0 heterocycles. The Balaban J connectivity index is 0.00000400. The van der Waals surface area contributed by atoms with E-state index in [0.29, 0.717) is 13.2 Å². The Hall–Kier alpha value is -1.02. The molecule has 0 saturated heterocycles. The summed E-state index contributed by atoms with van der Waals surface area (Å²) in [5.41, 5.74) is 2.34. The second kappa shape index (κ2) is 11.6. The van der Waals surface area contributed by atoms with E-state index in [1.165, 1.54) is 5.56 Å². The molecule has 0 fully saturated rings. The van der Waals surface area contributed by atoms with Crippen LogP contribution in [0.5, 0.6) is 5.75 Å². The van der Waals surface area contributed by atoms with Crippen molar-refractivity contribution in [3.05, 3.63) is 29.3 Å². The van der Waals surface area contributed by atoms with Gasteiger partial charge >= 0.3 is 0 Å². The van der Waals surface area contributed by atoms with Gasteiger partial charge in [-0.05, 0) is 31.0 Å². The first-order valence-corrected chi connectivity index (χ1v) is 6.87. The molecule has 0 radical (unpaired) electrons. The quantitative estimate of drug-likeness (QED) is 0.315. The van der Waals surface area contributed by atoms with Crippen molar-refractivity contribution in [2.24, 2.45) is 4.99 Å². The maximum Gasteiger partial charge on any atom is 0.191 e. The van der Waals surface area contributed by atoms with E-state index in [1.807, 2.05) is 13.0 Å². The molecule has 0 aliphatic heterocycles. The zero-order chi connectivity index (χ0) is 14.8. The van der Waals surface area contributed by atoms with Crippen LogP contribution < -0.4 is 15.4 Å². The van der Waals surface area contributed by atoms with Gasteiger partial charge in [0.25, 0.3) is 0 Å². The molecule has 0 saturated carbocycles. The molecular formula is C15H26IN3O2. The van der Waals surface area contributed by atoms with Crippen LogP contribution in [0.3, 0.4) is 0 Å². The SMILES string of the molecule is CCOc1ccc(CNC(=NC)NCCOC)cc1C.I. The van der Waals surface area contributed by atoms with Gasteiger partial charge in [0.05, 0.1) is 13.2 Å². The lowest BCUT2D eigenvalue weighted by Gasteiger charge is -2.13. The second-order valence-electron chi connectivity index (χ2n) is 4.38. The number of rotatable bonds is 7. The summed E-state index contributed by atoms with van der Waals surface area (Å²) >= 11 is 0. The summed E-state index contributed by atoms with van der Waals surface area (Å²) in [7, 11) is 3.44. The van der Waals surface area contributed by atoms with E-state index in [9.17, 15) is 0 Å². The zero-order valence-corrected chi connectivity index (χ0v) is 15.6. The highest BCUT2D eigenvalue weighted by atomic mass is 127. The number of methoxy groups -OCH3 is 1. The van der Waals surface area contributed by atoms with E-state index in [0.717, 1.165) is 30.4 Å². The molecule has 0 unspecified atom stereocenters. The topological polar surface area (TPSA) is 54.9 Å². The van der Waals surface area contributed by atoms with Crippen LogP contribution in [-0.2, 0) is 11.3 Å². The summed E-state index contributed by atoms with van der Waals surface area (Å²) in [5.74, 6) is 1.72. The molecular weight excluding hydrogens is 381 g/mol. The first-order valence-electron chi connectivity index (χ1n) is 6.87. The average Bonchev–Trinajstić information content (AvgIpc) is 2.45. The summed E-state index contributed by atoms with van der Waals surface area (Å²) < 4.78 is 10.5. The molecule has 1 aromatic rings. The number of halogens is 1. The third-order valence-electron chi connectivity index (χ3n) is 2.82. The van der Waals surface area contributed by atoms with Crippen molar-refractivity contribution in [2.45, 2.75) is 20.4 Å². The average molecular weight is 407 g/mol. The summed E-state index contributed by atoms with van der Waals surface area (Å²) in [4.78, 5) is 4.16. The molecule has 6 heteroatoms. The van der Waals surface area contributed by atoms with Crippen LogP contribution in [-0.4, -0.2) is 39.9 Å². The van der Waals surface area contributed by atoms with E-state index < -0.39 is 0 Å². The Morgan fingerprint density at radius 1 is 1.29 bits per heavy atom. The lowest BCUT2D eigenvalue weighted by atomic mass is 10.1. The van der Waals surface area contributed by atoms with E-state index >= 15 is 0 Å². The van der Waals surface area contributed by atoms with Crippen LogP contribution in [0.1, 0.15) is 18.1 Å². The Bertz CT molecular complexity index is 439. The molecule has 120 valence electrons. The van der Waals surface area contributed by atoms with E-state index in [-0.39, 0.29) is 24.0 Å². The fourth-order valence-corrected chi connectivity index (χ4v) is 1.82. The van der Waals surface area contributed by atoms with Crippen molar-refractivity contribution >= 4 is 29.9 Å². The highest BCUT2D eigenvalue weighted by molar-refractivity contribution is 14.0. The monoisotopic (exact) mass is 407 g/mol. The molecule has 1 rings (SSSR count). The van der Waals surface area contributed by atoms with E-state index in [1.54, 1.807) is 14.2 Å². The zero-order valence-electron chi connectivity index (χ0n) is 13.2. The predicted octanol–water partition coefficient (Wildman–Crippen LogP) is 2.32.